The van der Waals surface area contributed by atoms with E-state index in [9.17, 15) is 4.79 Å². The van der Waals surface area contributed by atoms with Crippen LogP contribution in [0.15, 0.2) is 59.0 Å². The summed E-state index contributed by atoms with van der Waals surface area (Å²) in [5.41, 5.74) is 2.67. The molecule has 2 heterocycles. The summed E-state index contributed by atoms with van der Waals surface area (Å²) in [4.78, 5) is 15.7. The van der Waals surface area contributed by atoms with Crippen molar-refractivity contribution in [3.05, 3.63) is 71.6 Å². The Morgan fingerprint density at radius 1 is 1.13 bits per heavy atom. The SMILES string of the molecule is Cc1oc(-c2ccccc2)nc1COc1ccc([C@H]2CO[C@](C)(C(=O)O)OC2)cc1. The maximum absolute atomic E-state index is 11.2. The predicted molar refractivity (Wildman–Crippen MR) is 108 cm³/mol. The topological polar surface area (TPSA) is 91.0 Å². The van der Waals surface area contributed by atoms with Crippen molar-refractivity contribution < 1.29 is 28.5 Å². The monoisotopic (exact) mass is 409 g/mol. The number of carboxylic acids is 1. The van der Waals surface area contributed by atoms with Crippen molar-refractivity contribution in [1.29, 1.82) is 0 Å². The van der Waals surface area contributed by atoms with Crippen molar-refractivity contribution in [3.63, 3.8) is 0 Å². The van der Waals surface area contributed by atoms with E-state index >= 15 is 0 Å². The van der Waals surface area contributed by atoms with Gasteiger partial charge in [0.1, 0.15) is 23.8 Å². The summed E-state index contributed by atoms with van der Waals surface area (Å²) in [6.45, 7) is 4.15. The van der Waals surface area contributed by atoms with E-state index in [0.717, 1.165) is 22.6 Å². The molecule has 1 saturated heterocycles. The van der Waals surface area contributed by atoms with E-state index in [0.29, 0.717) is 18.2 Å². The molecular formula is C23H23NO6. The molecule has 1 fully saturated rings. The van der Waals surface area contributed by atoms with Gasteiger partial charge in [-0.1, -0.05) is 30.3 Å². The molecule has 3 aromatic rings. The summed E-state index contributed by atoms with van der Waals surface area (Å²) < 4.78 is 22.4. The lowest BCUT2D eigenvalue weighted by Crippen LogP contribution is -2.47. The third kappa shape index (κ3) is 4.22. The number of benzene rings is 2. The quantitative estimate of drug-likeness (QED) is 0.654. The largest absolute Gasteiger partial charge is 0.487 e. The highest BCUT2D eigenvalue weighted by molar-refractivity contribution is 5.75. The van der Waals surface area contributed by atoms with Crippen LogP contribution in [0.1, 0.15) is 29.9 Å². The van der Waals surface area contributed by atoms with Gasteiger partial charge in [0.25, 0.3) is 5.79 Å². The van der Waals surface area contributed by atoms with Gasteiger partial charge in [-0.3, -0.25) is 0 Å². The third-order valence-corrected chi connectivity index (χ3v) is 5.15. The Morgan fingerprint density at radius 3 is 2.43 bits per heavy atom. The molecule has 1 aliphatic rings. The van der Waals surface area contributed by atoms with Crippen LogP contribution in [0, 0.1) is 6.92 Å². The van der Waals surface area contributed by atoms with Gasteiger partial charge in [0.2, 0.25) is 5.89 Å². The van der Waals surface area contributed by atoms with Crippen LogP contribution in [0.25, 0.3) is 11.5 Å². The lowest BCUT2D eigenvalue weighted by atomic mass is 9.99. The molecule has 0 unspecified atom stereocenters. The fourth-order valence-electron chi connectivity index (χ4n) is 3.18. The molecule has 0 radical (unpaired) electrons. The number of nitrogens with zero attached hydrogens (tertiary/aromatic N) is 1. The summed E-state index contributed by atoms with van der Waals surface area (Å²) in [6, 6.07) is 17.3. The van der Waals surface area contributed by atoms with Gasteiger partial charge in [-0.05, 0) is 36.8 Å². The molecule has 0 amide bonds. The van der Waals surface area contributed by atoms with Crippen LogP contribution in [0.5, 0.6) is 5.75 Å². The Bertz CT molecular complexity index is 1000. The summed E-state index contributed by atoms with van der Waals surface area (Å²) in [6.07, 6.45) is 0. The zero-order valence-corrected chi connectivity index (χ0v) is 16.8. The lowest BCUT2D eigenvalue weighted by molar-refractivity contribution is -0.262. The molecule has 2 aromatic carbocycles. The van der Waals surface area contributed by atoms with Crippen molar-refractivity contribution in [1.82, 2.24) is 4.98 Å². The maximum atomic E-state index is 11.2. The van der Waals surface area contributed by atoms with Crippen LogP contribution in [-0.4, -0.2) is 35.1 Å². The molecule has 7 nitrogen and oxygen atoms in total. The number of carbonyl (C=O) groups is 1. The van der Waals surface area contributed by atoms with Gasteiger partial charge in [-0.2, -0.15) is 0 Å². The third-order valence-electron chi connectivity index (χ3n) is 5.15. The van der Waals surface area contributed by atoms with E-state index in [1.807, 2.05) is 61.5 Å². The zero-order valence-electron chi connectivity index (χ0n) is 16.8. The first-order valence-electron chi connectivity index (χ1n) is 9.70. The molecule has 1 N–H and O–H groups in total. The standard InChI is InChI=1S/C23H23NO6/c1-15-20(24-21(30-15)17-6-4-3-5-7-17)14-27-19-10-8-16(9-11-19)18-12-28-23(2,22(25)26)29-13-18/h3-11,18H,12-14H2,1-2H3,(H,25,26)/t18-,23-. The minimum Gasteiger partial charge on any atom is -0.487 e. The summed E-state index contributed by atoms with van der Waals surface area (Å²) in [5, 5.41) is 9.15. The Balaban J connectivity index is 1.36. The van der Waals surface area contributed by atoms with Gasteiger partial charge in [0.05, 0.1) is 13.2 Å². The van der Waals surface area contributed by atoms with Crippen LogP contribution in [0.4, 0.5) is 0 Å². The molecule has 1 aliphatic heterocycles. The van der Waals surface area contributed by atoms with Gasteiger partial charge in [-0.25, -0.2) is 9.78 Å². The van der Waals surface area contributed by atoms with Crippen LogP contribution < -0.4 is 4.74 Å². The smallest absolute Gasteiger partial charge is 0.364 e. The van der Waals surface area contributed by atoms with Crippen LogP contribution in [0.3, 0.4) is 0 Å². The predicted octanol–water partition coefficient (Wildman–Crippen LogP) is 4.16. The Labute approximate surface area is 174 Å². The molecular weight excluding hydrogens is 386 g/mol. The number of hydrogen-bond acceptors (Lipinski definition) is 6. The number of carboxylic acid groups (broad SMARTS) is 1. The average Bonchev–Trinajstić information content (AvgIpc) is 3.14. The second-order valence-electron chi connectivity index (χ2n) is 7.32. The molecule has 0 saturated carbocycles. The number of oxazole rings is 1. The number of aromatic nitrogens is 1. The summed E-state index contributed by atoms with van der Waals surface area (Å²) in [7, 11) is 0. The lowest BCUT2D eigenvalue weighted by Gasteiger charge is -2.34. The number of ether oxygens (including phenoxy) is 3. The molecule has 0 bridgehead atoms. The molecule has 30 heavy (non-hydrogen) atoms. The van der Waals surface area contributed by atoms with E-state index in [1.165, 1.54) is 6.92 Å². The second kappa shape index (κ2) is 8.30. The zero-order chi connectivity index (χ0) is 21.1. The normalized spacial score (nSPS) is 21.3. The van der Waals surface area contributed by atoms with Gasteiger partial charge < -0.3 is 23.7 Å². The van der Waals surface area contributed by atoms with Crippen molar-refractivity contribution in [2.75, 3.05) is 13.2 Å². The van der Waals surface area contributed by atoms with Crippen molar-refractivity contribution in [2.24, 2.45) is 0 Å². The van der Waals surface area contributed by atoms with E-state index in [4.69, 9.17) is 23.7 Å². The highest BCUT2D eigenvalue weighted by atomic mass is 16.7. The Kier molecular flexibility index (Phi) is 5.57. The van der Waals surface area contributed by atoms with Crippen LogP contribution in [-0.2, 0) is 20.9 Å². The van der Waals surface area contributed by atoms with Crippen molar-refractivity contribution in [3.8, 4) is 17.2 Å². The summed E-state index contributed by atoms with van der Waals surface area (Å²) in [5.74, 6) is -0.722. The first-order valence-corrected chi connectivity index (χ1v) is 9.70. The van der Waals surface area contributed by atoms with Crippen molar-refractivity contribution in [2.45, 2.75) is 32.2 Å². The van der Waals surface area contributed by atoms with E-state index < -0.39 is 11.8 Å². The second-order valence-corrected chi connectivity index (χ2v) is 7.32. The van der Waals surface area contributed by atoms with E-state index in [2.05, 4.69) is 4.98 Å². The van der Waals surface area contributed by atoms with Gasteiger partial charge in [0.15, 0.2) is 0 Å². The number of aryl methyl sites for hydroxylation is 1. The van der Waals surface area contributed by atoms with Gasteiger partial charge in [-0.15, -0.1) is 0 Å². The first-order chi connectivity index (χ1) is 14.4. The molecule has 1 aromatic heterocycles. The minimum atomic E-state index is -1.58. The Morgan fingerprint density at radius 2 is 1.80 bits per heavy atom. The fraction of sp³-hybridized carbons (Fsp3) is 0.304. The molecule has 0 aliphatic carbocycles. The number of hydrogen-bond donors (Lipinski definition) is 1. The average molecular weight is 409 g/mol. The van der Waals surface area contributed by atoms with Crippen molar-refractivity contribution >= 4 is 5.97 Å². The van der Waals surface area contributed by atoms with Crippen LogP contribution in [0.2, 0.25) is 0 Å². The molecule has 4 rings (SSSR count). The fourth-order valence-corrected chi connectivity index (χ4v) is 3.18. The van der Waals surface area contributed by atoms with E-state index in [-0.39, 0.29) is 19.1 Å². The molecule has 0 spiro atoms. The van der Waals surface area contributed by atoms with E-state index in [1.54, 1.807) is 0 Å². The molecule has 0 atom stereocenters. The minimum absolute atomic E-state index is 0.0299. The molecule has 156 valence electrons. The summed E-state index contributed by atoms with van der Waals surface area (Å²) >= 11 is 0. The maximum Gasteiger partial charge on any atom is 0.364 e. The van der Waals surface area contributed by atoms with Crippen LogP contribution >= 0.6 is 0 Å². The highest BCUT2D eigenvalue weighted by Gasteiger charge is 2.40. The Hall–Kier alpha value is -3.16. The molecule has 7 heteroatoms. The highest BCUT2D eigenvalue weighted by Crippen LogP contribution is 2.29. The van der Waals surface area contributed by atoms with Gasteiger partial charge in [0, 0.05) is 18.4 Å². The number of aliphatic carboxylic acids is 1. The van der Waals surface area contributed by atoms with Gasteiger partial charge >= 0.3 is 5.97 Å². The number of rotatable bonds is 6. The first kappa shape index (κ1) is 20.1.